The number of hydrogen-bond acceptors (Lipinski definition) is 4. The largest absolute Gasteiger partial charge is 0.466 e. The highest BCUT2D eigenvalue weighted by Crippen LogP contribution is 2.31. The molecule has 0 radical (unpaired) electrons. The van der Waals surface area contributed by atoms with E-state index >= 15 is 0 Å². The van der Waals surface area contributed by atoms with Crippen molar-refractivity contribution in [3.05, 3.63) is 113 Å². The summed E-state index contributed by atoms with van der Waals surface area (Å²) in [7, 11) is 0. The highest BCUT2D eigenvalue weighted by molar-refractivity contribution is 6.32. The molecule has 0 aliphatic carbocycles. The van der Waals surface area contributed by atoms with Crippen molar-refractivity contribution >= 4 is 29.2 Å². The van der Waals surface area contributed by atoms with Gasteiger partial charge in [-0.25, -0.2) is 0 Å². The molecule has 0 atom stereocenters. The lowest BCUT2D eigenvalue weighted by molar-refractivity contribution is -0.142. The Bertz CT molecular complexity index is 1320. The summed E-state index contributed by atoms with van der Waals surface area (Å²) < 4.78 is 10.8. The average Bonchev–Trinajstić information content (AvgIpc) is 2.87. The summed E-state index contributed by atoms with van der Waals surface area (Å²) in [4.78, 5) is 24.4. The van der Waals surface area contributed by atoms with E-state index in [0.717, 1.165) is 16.7 Å². The molecule has 6 heteroatoms. The van der Waals surface area contributed by atoms with Crippen LogP contribution in [-0.2, 0) is 16.0 Å². The molecule has 0 aromatic heterocycles. The maximum atomic E-state index is 12.8. The molecule has 1 amide bonds. The number of benzene rings is 4. The van der Waals surface area contributed by atoms with Crippen LogP contribution in [-0.4, -0.2) is 18.5 Å². The molecule has 0 fully saturated rings. The topological polar surface area (TPSA) is 64.6 Å². The van der Waals surface area contributed by atoms with Crippen molar-refractivity contribution in [1.82, 2.24) is 0 Å². The SMILES string of the molecule is CCOC(=O)Cc1ccc(Oc2ccc(NC(=O)c3cccc(-c4ccccc4)c3)cc2)c(Cl)c1. The van der Waals surface area contributed by atoms with Gasteiger partial charge in [-0.15, -0.1) is 0 Å². The van der Waals surface area contributed by atoms with Gasteiger partial charge < -0.3 is 14.8 Å². The molecule has 4 aromatic rings. The van der Waals surface area contributed by atoms with Crippen LogP contribution >= 0.6 is 11.6 Å². The summed E-state index contributed by atoms with van der Waals surface area (Å²) >= 11 is 6.33. The second-order valence-electron chi connectivity index (χ2n) is 7.77. The van der Waals surface area contributed by atoms with Gasteiger partial charge in [-0.1, -0.05) is 60.1 Å². The molecule has 1 N–H and O–H groups in total. The Morgan fingerprint density at radius 2 is 1.57 bits per heavy atom. The van der Waals surface area contributed by atoms with Crippen molar-refractivity contribution in [3.63, 3.8) is 0 Å². The molecule has 0 unspecified atom stereocenters. The lowest BCUT2D eigenvalue weighted by Crippen LogP contribution is -2.11. The van der Waals surface area contributed by atoms with E-state index in [-0.39, 0.29) is 18.3 Å². The normalized spacial score (nSPS) is 10.5. The van der Waals surface area contributed by atoms with E-state index in [1.165, 1.54) is 0 Å². The second kappa shape index (κ2) is 11.4. The fourth-order valence-corrected chi connectivity index (χ4v) is 3.76. The molecule has 0 heterocycles. The monoisotopic (exact) mass is 485 g/mol. The first kappa shape index (κ1) is 24.0. The smallest absolute Gasteiger partial charge is 0.310 e. The van der Waals surface area contributed by atoms with Gasteiger partial charge in [0.2, 0.25) is 0 Å². The zero-order chi connectivity index (χ0) is 24.6. The van der Waals surface area contributed by atoms with Gasteiger partial charge in [0.25, 0.3) is 5.91 Å². The minimum Gasteiger partial charge on any atom is -0.466 e. The number of esters is 1. The number of amides is 1. The fraction of sp³-hybridized carbons (Fsp3) is 0.103. The third-order valence-electron chi connectivity index (χ3n) is 5.22. The van der Waals surface area contributed by atoms with Crippen LogP contribution in [0, 0.1) is 0 Å². The van der Waals surface area contributed by atoms with Crippen LogP contribution in [0.5, 0.6) is 11.5 Å². The second-order valence-corrected chi connectivity index (χ2v) is 8.18. The summed E-state index contributed by atoms with van der Waals surface area (Å²) in [5.41, 5.74) is 3.99. The van der Waals surface area contributed by atoms with Gasteiger partial charge in [0.1, 0.15) is 11.5 Å². The zero-order valence-electron chi connectivity index (χ0n) is 19.2. The molecule has 4 aromatic carbocycles. The van der Waals surface area contributed by atoms with E-state index in [0.29, 0.717) is 34.4 Å². The van der Waals surface area contributed by atoms with Gasteiger partial charge in [-0.05, 0) is 72.1 Å². The minimum absolute atomic E-state index is 0.149. The third kappa shape index (κ3) is 6.49. The summed E-state index contributed by atoms with van der Waals surface area (Å²) in [6.45, 7) is 2.10. The highest BCUT2D eigenvalue weighted by atomic mass is 35.5. The summed E-state index contributed by atoms with van der Waals surface area (Å²) in [5.74, 6) is 0.529. The van der Waals surface area contributed by atoms with E-state index in [2.05, 4.69) is 5.32 Å². The molecule has 0 aliphatic rings. The Morgan fingerprint density at radius 1 is 0.829 bits per heavy atom. The molecule has 176 valence electrons. The number of ether oxygens (including phenoxy) is 2. The van der Waals surface area contributed by atoms with Gasteiger partial charge in [0.15, 0.2) is 0 Å². The molecule has 35 heavy (non-hydrogen) atoms. The number of hydrogen-bond donors (Lipinski definition) is 1. The van der Waals surface area contributed by atoms with E-state index in [9.17, 15) is 9.59 Å². The molecular weight excluding hydrogens is 462 g/mol. The van der Waals surface area contributed by atoms with Crippen LogP contribution in [0.4, 0.5) is 5.69 Å². The Morgan fingerprint density at radius 3 is 2.29 bits per heavy atom. The van der Waals surface area contributed by atoms with Crippen LogP contribution in [0.2, 0.25) is 5.02 Å². The van der Waals surface area contributed by atoms with Gasteiger partial charge in [-0.2, -0.15) is 0 Å². The molecule has 0 aliphatic heterocycles. The molecule has 0 spiro atoms. The molecular formula is C29H24ClNO4. The predicted molar refractivity (Wildman–Crippen MR) is 138 cm³/mol. The van der Waals surface area contributed by atoms with Crippen molar-refractivity contribution in [2.75, 3.05) is 11.9 Å². The quantitative estimate of drug-likeness (QED) is 0.269. The average molecular weight is 486 g/mol. The first-order valence-corrected chi connectivity index (χ1v) is 11.6. The molecule has 0 saturated heterocycles. The number of carbonyl (C=O) groups excluding carboxylic acids is 2. The van der Waals surface area contributed by atoms with Crippen molar-refractivity contribution in [1.29, 1.82) is 0 Å². The lowest BCUT2D eigenvalue weighted by Gasteiger charge is -2.11. The van der Waals surface area contributed by atoms with E-state index in [1.54, 1.807) is 55.5 Å². The van der Waals surface area contributed by atoms with Crippen molar-refractivity contribution in [2.24, 2.45) is 0 Å². The predicted octanol–water partition coefficient (Wildman–Crippen LogP) is 7.16. The van der Waals surface area contributed by atoms with Gasteiger partial charge in [0, 0.05) is 11.3 Å². The van der Waals surface area contributed by atoms with E-state index in [4.69, 9.17) is 21.1 Å². The number of nitrogens with one attached hydrogen (secondary N) is 1. The van der Waals surface area contributed by atoms with E-state index < -0.39 is 0 Å². The minimum atomic E-state index is -0.304. The summed E-state index contributed by atoms with van der Waals surface area (Å²) in [6.07, 6.45) is 0.149. The van der Waals surface area contributed by atoms with Gasteiger partial charge >= 0.3 is 5.97 Å². The van der Waals surface area contributed by atoms with Crippen LogP contribution in [0.3, 0.4) is 0 Å². The van der Waals surface area contributed by atoms with Crippen LogP contribution < -0.4 is 10.1 Å². The third-order valence-corrected chi connectivity index (χ3v) is 5.52. The van der Waals surface area contributed by atoms with Crippen LogP contribution in [0.15, 0.2) is 97.1 Å². The molecule has 4 rings (SSSR count). The Kier molecular flexibility index (Phi) is 7.81. The van der Waals surface area contributed by atoms with E-state index in [1.807, 2.05) is 48.5 Å². The van der Waals surface area contributed by atoms with Crippen molar-refractivity contribution in [2.45, 2.75) is 13.3 Å². The maximum Gasteiger partial charge on any atom is 0.310 e. The number of rotatable bonds is 8. The maximum absolute atomic E-state index is 12.8. The molecule has 0 saturated carbocycles. The molecule has 5 nitrogen and oxygen atoms in total. The summed E-state index contributed by atoms with van der Waals surface area (Å²) in [6, 6.07) is 29.6. The van der Waals surface area contributed by atoms with Crippen molar-refractivity contribution in [3.8, 4) is 22.6 Å². The Labute approximate surface area is 209 Å². The first-order valence-electron chi connectivity index (χ1n) is 11.2. The Hall–Kier alpha value is -4.09. The standard InChI is InChI=1S/C29H24ClNO4/c1-2-34-28(32)18-20-11-16-27(26(30)17-20)35-25-14-12-24(13-15-25)31-29(33)23-10-6-9-22(19-23)21-7-4-3-5-8-21/h3-17,19H,2,18H2,1H3,(H,31,33). The lowest BCUT2D eigenvalue weighted by atomic mass is 10.0. The van der Waals surface area contributed by atoms with Crippen LogP contribution in [0.1, 0.15) is 22.8 Å². The van der Waals surface area contributed by atoms with Crippen LogP contribution in [0.25, 0.3) is 11.1 Å². The van der Waals surface area contributed by atoms with Gasteiger partial charge in [-0.3, -0.25) is 9.59 Å². The van der Waals surface area contributed by atoms with Gasteiger partial charge in [0.05, 0.1) is 18.1 Å². The highest BCUT2D eigenvalue weighted by Gasteiger charge is 2.10. The first-order chi connectivity index (χ1) is 17.0. The Balaban J connectivity index is 1.39. The number of carbonyl (C=O) groups is 2. The molecule has 0 bridgehead atoms. The summed E-state index contributed by atoms with van der Waals surface area (Å²) in [5, 5.41) is 3.30. The number of halogens is 1. The fourth-order valence-electron chi connectivity index (χ4n) is 3.52. The zero-order valence-corrected chi connectivity index (χ0v) is 19.9. The number of anilines is 1. The van der Waals surface area contributed by atoms with Crippen molar-refractivity contribution < 1.29 is 19.1 Å².